The number of hydrogen-bond acceptors (Lipinski definition) is 3. The van der Waals surface area contributed by atoms with Crippen LogP contribution in [0.25, 0.3) is 0 Å². The number of hydrogen-bond donors (Lipinski definition) is 1. The van der Waals surface area contributed by atoms with Crippen molar-refractivity contribution >= 4 is 12.1 Å². The molecular formula is C6H6N2O2. The van der Waals surface area contributed by atoms with Crippen LogP contribution in [0.5, 0.6) is 0 Å². The van der Waals surface area contributed by atoms with Crippen molar-refractivity contribution in [3.05, 3.63) is 17.5 Å². The molecule has 0 saturated heterocycles. The Kier molecular flexibility index (Phi) is 1.62. The third-order valence-corrected chi connectivity index (χ3v) is 1.15. The summed E-state index contributed by atoms with van der Waals surface area (Å²) in [5.41, 5.74) is 0.586. The second kappa shape index (κ2) is 2.43. The van der Waals surface area contributed by atoms with Crippen LogP contribution in [0.4, 0.5) is 0 Å². The SMILES string of the molecule is CC(=O)c1[nH]ncc1C=O. The topological polar surface area (TPSA) is 62.8 Å². The fourth-order valence-electron chi connectivity index (χ4n) is 0.667. The largest absolute Gasteiger partial charge is 0.298 e. The molecule has 4 heteroatoms. The molecule has 52 valence electrons. The van der Waals surface area contributed by atoms with Crippen LogP contribution in [0.2, 0.25) is 0 Å². The zero-order chi connectivity index (χ0) is 7.56. The maximum Gasteiger partial charge on any atom is 0.178 e. The highest BCUT2D eigenvalue weighted by molar-refractivity contribution is 5.99. The van der Waals surface area contributed by atoms with Crippen molar-refractivity contribution in [2.75, 3.05) is 0 Å². The van der Waals surface area contributed by atoms with E-state index in [2.05, 4.69) is 10.2 Å². The van der Waals surface area contributed by atoms with Gasteiger partial charge in [0.1, 0.15) is 5.69 Å². The van der Waals surface area contributed by atoms with Gasteiger partial charge in [0.2, 0.25) is 0 Å². The number of ketones is 1. The van der Waals surface area contributed by atoms with Gasteiger partial charge in [-0.25, -0.2) is 0 Å². The van der Waals surface area contributed by atoms with Gasteiger partial charge in [0.05, 0.1) is 11.8 Å². The summed E-state index contributed by atoms with van der Waals surface area (Å²) in [5, 5.41) is 5.96. The van der Waals surface area contributed by atoms with E-state index in [4.69, 9.17) is 0 Å². The molecule has 0 unspecified atom stereocenters. The lowest BCUT2D eigenvalue weighted by Crippen LogP contribution is -1.96. The van der Waals surface area contributed by atoms with E-state index in [0.29, 0.717) is 11.8 Å². The van der Waals surface area contributed by atoms with Crippen molar-refractivity contribution < 1.29 is 9.59 Å². The van der Waals surface area contributed by atoms with Crippen LogP contribution >= 0.6 is 0 Å². The Bertz CT molecular complexity index is 264. The number of carbonyl (C=O) groups is 2. The molecule has 1 rings (SSSR count). The number of carbonyl (C=O) groups excluding carboxylic acids is 2. The predicted octanol–water partition coefficient (Wildman–Crippen LogP) is 0.425. The van der Waals surface area contributed by atoms with Crippen LogP contribution in [0.1, 0.15) is 27.8 Å². The molecule has 1 aromatic rings. The minimum atomic E-state index is -0.181. The molecule has 0 spiro atoms. The molecule has 10 heavy (non-hydrogen) atoms. The Hall–Kier alpha value is -1.45. The number of nitrogens with one attached hydrogen (secondary N) is 1. The van der Waals surface area contributed by atoms with E-state index in [1.165, 1.54) is 13.1 Å². The molecule has 0 fully saturated rings. The summed E-state index contributed by atoms with van der Waals surface area (Å²) in [7, 11) is 0. The summed E-state index contributed by atoms with van der Waals surface area (Å²) < 4.78 is 0. The third kappa shape index (κ3) is 0.953. The smallest absolute Gasteiger partial charge is 0.178 e. The van der Waals surface area contributed by atoms with Gasteiger partial charge in [0.15, 0.2) is 12.1 Å². The minimum absolute atomic E-state index is 0.181. The molecule has 1 aromatic heterocycles. The molecule has 0 saturated carbocycles. The van der Waals surface area contributed by atoms with Gasteiger partial charge in [0, 0.05) is 6.92 Å². The number of aromatic amines is 1. The average molecular weight is 138 g/mol. The van der Waals surface area contributed by atoms with E-state index in [0.717, 1.165) is 0 Å². The Balaban J connectivity index is 3.13. The Morgan fingerprint density at radius 2 is 2.50 bits per heavy atom. The molecular weight excluding hydrogens is 132 g/mol. The first-order valence-electron chi connectivity index (χ1n) is 2.75. The molecule has 0 bridgehead atoms. The zero-order valence-corrected chi connectivity index (χ0v) is 5.42. The van der Waals surface area contributed by atoms with Gasteiger partial charge in [-0.2, -0.15) is 5.10 Å². The van der Waals surface area contributed by atoms with E-state index >= 15 is 0 Å². The van der Waals surface area contributed by atoms with Gasteiger partial charge in [-0.3, -0.25) is 14.7 Å². The third-order valence-electron chi connectivity index (χ3n) is 1.15. The standard InChI is InChI=1S/C6H6N2O2/c1-4(10)6-5(3-9)2-7-8-6/h2-3H,1H3,(H,7,8). The lowest BCUT2D eigenvalue weighted by Gasteiger charge is -1.86. The van der Waals surface area contributed by atoms with Gasteiger partial charge in [-0.15, -0.1) is 0 Å². The maximum atomic E-state index is 10.7. The van der Waals surface area contributed by atoms with Crippen molar-refractivity contribution in [1.82, 2.24) is 10.2 Å². The van der Waals surface area contributed by atoms with E-state index < -0.39 is 0 Å². The Morgan fingerprint density at radius 3 is 2.90 bits per heavy atom. The van der Waals surface area contributed by atoms with Crippen molar-refractivity contribution in [1.29, 1.82) is 0 Å². The van der Waals surface area contributed by atoms with Crippen molar-refractivity contribution in [2.24, 2.45) is 0 Å². The van der Waals surface area contributed by atoms with Crippen LogP contribution in [0, 0.1) is 0 Å². The van der Waals surface area contributed by atoms with Crippen LogP contribution in [0.3, 0.4) is 0 Å². The average Bonchev–Trinajstić information content (AvgIpc) is 2.33. The number of aldehydes is 1. The number of Topliss-reactive ketones (excluding diaryl/α,β-unsaturated/α-hetero) is 1. The van der Waals surface area contributed by atoms with Crippen LogP contribution in [-0.2, 0) is 0 Å². The first-order valence-corrected chi connectivity index (χ1v) is 2.75. The summed E-state index contributed by atoms with van der Waals surface area (Å²) in [5.74, 6) is -0.181. The van der Waals surface area contributed by atoms with Gasteiger partial charge in [0.25, 0.3) is 0 Å². The maximum absolute atomic E-state index is 10.7. The van der Waals surface area contributed by atoms with Gasteiger partial charge >= 0.3 is 0 Å². The van der Waals surface area contributed by atoms with Crippen LogP contribution in [0.15, 0.2) is 6.20 Å². The number of nitrogens with zero attached hydrogens (tertiary/aromatic N) is 1. The highest BCUT2D eigenvalue weighted by atomic mass is 16.1. The highest BCUT2D eigenvalue weighted by Crippen LogP contribution is 2.00. The second-order valence-corrected chi connectivity index (χ2v) is 1.87. The molecule has 0 aliphatic heterocycles. The molecule has 0 radical (unpaired) electrons. The van der Waals surface area contributed by atoms with Gasteiger partial charge in [-0.1, -0.05) is 0 Å². The van der Waals surface area contributed by atoms with E-state index in [1.54, 1.807) is 0 Å². The lowest BCUT2D eigenvalue weighted by molar-refractivity contribution is 0.100. The lowest BCUT2D eigenvalue weighted by atomic mass is 10.2. The zero-order valence-electron chi connectivity index (χ0n) is 5.42. The molecule has 0 amide bonds. The van der Waals surface area contributed by atoms with Crippen molar-refractivity contribution in [3.63, 3.8) is 0 Å². The normalized spacial score (nSPS) is 9.30. The predicted molar refractivity (Wildman–Crippen MR) is 34.0 cm³/mol. The summed E-state index contributed by atoms with van der Waals surface area (Å²) in [6.45, 7) is 1.38. The van der Waals surface area contributed by atoms with Crippen LogP contribution < -0.4 is 0 Å². The van der Waals surface area contributed by atoms with Crippen molar-refractivity contribution in [3.8, 4) is 0 Å². The fourth-order valence-corrected chi connectivity index (χ4v) is 0.667. The fraction of sp³-hybridized carbons (Fsp3) is 0.167. The first kappa shape index (κ1) is 6.67. The summed E-state index contributed by atoms with van der Waals surface area (Å²) in [4.78, 5) is 20.8. The minimum Gasteiger partial charge on any atom is -0.298 e. The first-order chi connectivity index (χ1) is 4.75. The van der Waals surface area contributed by atoms with E-state index in [9.17, 15) is 9.59 Å². The summed E-state index contributed by atoms with van der Waals surface area (Å²) >= 11 is 0. The second-order valence-electron chi connectivity index (χ2n) is 1.87. The number of aromatic nitrogens is 2. The highest BCUT2D eigenvalue weighted by Gasteiger charge is 2.06. The molecule has 1 heterocycles. The monoisotopic (exact) mass is 138 g/mol. The molecule has 1 N–H and O–H groups in total. The molecule has 4 nitrogen and oxygen atoms in total. The van der Waals surface area contributed by atoms with Gasteiger partial charge in [-0.05, 0) is 0 Å². The molecule has 0 aromatic carbocycles. The number of H-pyrrole nitrogens is 1. The Morgan fingerprint density at radius 1 is 1.80 bits per heavy atom. The Labute approximate surface area is 57.2 Å². The van der Waals surface area contributed by atoms with Crippen molar-refractivity contribution in [2.45, 2.75) is 6.92 Å². The van der Waals surface area contributed by atoms with Gasteiger partial charge < -0.3 is 0 Å². The molecule has 0 atom stereocenters. The van der Waals surface area contributed by atoms with E-state index in [1.807, 2.05) is 0 Å². The summed E-state index contributed by atoms with van der Waals surface area (Å²) in [6.07, 6.45) is 1.92. The van der Waals surface area contributed by atoms with E-state index in [-0.39, 0.29) is 11.5 Å². The quantitative estimate of drug-likeness (QED) is 0.476. The van der Waals surface area contributed by atoms with Crippen LogP contribution in [-0.4, -0.2) is 22.3 Å². The molecule has 0 aliphatic rings. The number of rotatable bonds is 2. The molecule has 0 aliphatic carbocycles. The summed E-state index contributed by atoms with van der Waals surface area (Å²) in [6, 6.07) is 0.